The highest BCUT2D eigenvalue weighted by atomic mass is 16.6. The molecule has 5 nitrogen and oxygen atoms in total. The van der Waals surface area contributed by atoms with Crippen LogP contribution in [0.3, 0.4) is 0 Å². The van der Waals surface area contributed by atoms with E-state index in [2.05, 4.69) is 4.98 Å². The van der Waals surface area contributed by atoms with E-state index < -0.39 is 0 Å². The maximum atomic E-state index is 12.0. The molecule has 0 radical (unpaired) electrons. The molecular formula is C11H12N2O3. The first-order chi connectivity index (χ1) is 7.68. The van der Waals surface area contributed by atoms with E-state index in [1.54, 1.807) is 18.3 Å². The summed E-state index contributed by atoms with van der Waals surface area (Å²) in [5, 5.41) is 10.3. The van der Waals surface area contributed by atoms with Gasteiger partial charge in [-0.3, -0.25) is 19.9 Å². The number of aromatic nitrogens is 1. The Hall–Kier alpha value is -1.78. The molecule has 0 saturated heterocycles. The van der Waals surface area contributed by atoms with E-state index in [9.17, 15) is 14.9 Å². The van der Waals surface area contributed by atoms with Crippen molar-refractivity contribution in [3.63, 3.8) is 0 Å². The van der Waals surface area contributed by atoms with Gasteiger partial charge in [0.05, 0.1) is 5.69 Å². The van der Waals surface area contributed by atoms with E-state index >= 15 is 0 Å². The molecule has 1 heterocycles. The van der Waals surface area contributed by atoms with Gasteiger partial charge in [-0.2, -0.15) is 0 Å². The van der Waals surface area contributed by atoms with Crippen LogP contribution in [0.25, 0.3) is 0 Å². The fourth-order valence-corrected chi connectivity index (χ4v) is 2.06. The van der Waals surface area contributed by atoms with Gasteiger partial charge in [0, 0.05) is 29.0 Å². The van der Waals surface area contributed by atoms with Crippen molar-refractivity contribution in [1.29, 1.82) is 0 Å². The summed E-state index contributed by atoms with van der Waals surface area (Å²) < 4.78 is 0. The molecule has 1 aromatic heterocycles. The van der Waals surface area contributed by atoms with E-state index in [4.69, 9.17) is 0 Å². The highest BCUT2D eigenvalue weighted by Gasteiger charge is 2.28. The Morgan fingerprint density at radius 1 is 1.56 bits per heavy atom. The van der Waals surface area contributed by atoms with Gasteiger partial charge in [0.1, 0.15) is 0 Å². The average Bonchev–Trinajstić information content (AvgIpc) is 2.28. The van der Waals surface area contributed by atoms with Crippen LogP contribution in [-0.4, -0.2) is 22.2 Å². The molecular weight excluding hydrogens is 208 g/mol. The van der Waals surface area contributed by atoms with Gasteiger partial charge in [-0.05, 0) is 25.0 Å². The number of hydrogen-bond donors (Lipinski definition) is 0. The Morgan fingerprint density at radius 2 is 2.38 bits per heavy atom. The van der Waals surface area contributed by atoms with Crippen molar-refractivity contribution in [3.05, 3.63) is 39.7 Å². The fraction of sp³-hybridized carbons (Fsp3) is 0.455. The zero-order valence-corrected chi connectivity index (χ0v) is 8.76. The summed E-state index contributed by atoms with van der Waals surface area (Å²) >= 11 is 0. The number of hydrogen-bond acceptors (Lipinski definition) is 4. The molecule has 1 unspecified atom stereocenters. The van der Waals surface area contributed by atoms with Gasteiger partial charge >= 0.3 is 0 Å². The van der Waals surface area contributed by atoms with E-state index in [0.717, 1.165) is 12.1 Å². The second-order valence-corrected chi connectivity index (χ2v) is 3.94. The molecule has 0 aromatic carbocycles. The lowest BCUT2D eigenvalue weighted by atomic mass is 9.83. The number of nitro groups is 1. The van der Waals surface area contributed by atoms with Gasteiger partial charge in [-0.25, -0.2) is 0 Å². The Kier molecular flexibility index (Phi) is 2.94. The van der Waals surface area contributed by atoms with Crippen LogP contribution in [0.15, 0.2) is 18.3 Å². The lowest BCUT2D eigenvalue weighted by molar-refractivity contribution is -0.481. The Balaban J connectivity index is 2.12. The number of rotatable bonds is 3. The van der Waals surface area contributed by atoms with Gasteiger partial charge in [0.25, 0.3) is 0 Å². The van der Waals surface area contributed by atoms with E-state index in [1.807, 2.05) is 0 Å². The summed E-state index contributed by atoms with van der Waals surface area (Å²) in [5.41, 5.74) is 1.46. The lowest BCUT2D eigenvalue weighted by Crippen LogP contribution is -2.25. The van der Waals surface area contributed by atoms with Crippen LogP contribution >= 0.6 is 0 Å². The SMILES string of the molecule is O=C1c2cccnc2CCC1CC[N+](=O)[O-]. The summed E-state index contributed by atoms with van der Waals surface area (Å²) in [5.74, 6) is -0.196. The Morgan fingerprint density at radius 3 is 3.12 bits per heavy atom. The number of fused-ring (bicyclic) bond motifs is 1. The van der Waals surface area contributed by atoms with Crippen molar-refractivity contribution >= 4 is 5.78 Å². The Bertz CT molecular complexity index is 431. The summed E-state index contributed by atoms with van der Waals surface area (Å²) in [7, 11) is 0. The van der Waals surface area contributed by atoms with Gasteiger partial charge in [-0.15, -0.1) is 0 Å². The van der Waals surface area contributed by atoms with Crippen molar-refractivity contribution < 1.29 is 9.72 Å². The highest BCUT2D eigenvalue weighted by molar-refractivity contribution is 5.99. The molecule has 1 atom stereocenters. The molecule has 0 saturated carbocycles. The molecule has 16 heavy (non-hydrogen) atoms. The van der Waals surface area contributed by atoms with E-state index in [0.29, 0.717) is 18.4 Å². The van der Waals surface area contributed by atoms with Gasteiger partial charge in [0.2, 0.25) is 6.54 Å². The number of pyridine rings is 1. The first-order valence-corrected chi connectivity index (χ1v) is 5.28. The van der Waals surface area contributed by atoms with Crippen LogP contribution in [0, 0.1) is 16.0 Å². The molecule has 2 rings (SSSR count). The molecule has 1 aromatic rings. The first kappa shape index (κ1) is 10.7. The monoisotopic (exact) mass is 220 g/mol. The number of Topliss-reactive ketones (excluding diaryl/α,β-unsaturated/α-hetero) is 1. The zero-order valence-electron chi connectivity index (χ0n) is 8.76. The molecule has 0 aliphatic heterocycles. The number of nitrogens with zero attached hydrogens (tertiary/aromatic N) is 2. The molecule has 0 spiro atoms. The van der Waals surface area contributed by atoms with Crippen LogP contribution in [-0.2, 0) is 6.42 Å². The van der Waals surface area contributed by atoms with Crippen molar-refractivity contribution in [1.82, 2.24) is 4.98 Å². The fourth-order valence-electron chi connectivity index (χ4n) is 2.06. The molecule has 1 aliphatic rings. The number of carbonyl (C=O) groups excluding carboxylic acids is 1. The molecule has 0 amide bonds. The van der Waals surface area contributed by atoms with E-state index in [-0.39, 0.29) is 23.2 Å². The lowest BCUT2D eigenvalue weighted by Gasteiger charge is -2.20. The van der Waals surface area contributed by atoms with Crippen molar-refractivity contribution in [2.45, 2.75) is 19.3 Å². The van der Waals surface area contributed by atoms with Crippen LogP contribution < -0.4 is 0 Å². The van der Waals surface area contributed by atoms with Crippen molar-refractivity contribution in [2.24, 2.45) is 5.92 Å². The Labute approximate surface area is 92.6 Å². The third-order valence-electron chi connectivity index (χ3n) is 2.92. The second-order valence-electron chi connectivity index (χ2n) is 3.94. The second kappa shape index (κ2) is 4.38. The third kappa shape index (κ3) is 2.08. The highest BCUT2D eigenvalue weighted by Crippen LogP contribution is 2.25. The van der Waals surface area contributed by atoms with Gasteiger partial charge in [-0.1, -0.05) is 0 Å². The van der Waals surface area contributed by atoms with Crippen LogP contribution in [0.1, 0.15) is 28.9 Å². The number of carbonyl (C=O) groups is 1. The largest absolute Gasteiger partial charge is 0.294 e. The van der Waals surface area contributed by atoms with Crippen LogP contribution in [0.2, 0.25) is 0 Å². The maximum absolute atomic E-state index is 12.0. The minimum Gasteiger partial charge on any atom is -0.294 e. The predicted molar refractivity (Wildman–Crippen MR) is 56.9 cm³/mol. The standard InChI is InChI=1S/C11H12N2O3/c14-11-8(5-7-13(15)16)3-4-10-9(11)2-1-6-12-10/h1-2,6,8H,3-5,7H2. The van der Waals surface area contributed by atoms with Crippen molar-refractivity contribution in [2.75, 3.05) is 6.54 Å². The minimum atomic E-state index is -0.369. The van der Waals surface area contributed by atoms with E-state index in [1.165, 1.54) is 0 Å². The summed E-state index contributed by atoms with van der Waals surface area (Å²) in [6, 6.07) is 3.48. The number of ketones is 1. The minimum absolute atomic E-state index is 0.0104. The molecule has 0 fully saturated rings. The summed E-state index contributed by atoms with van der Waals surface area (Å²) in [6.07, 6.45) is 3.42. The van der Waals surface area contributed by atoms with Crippen LogP contribution in [0.4, 0.5) is 0 Å². The average molecular weight is 220 g/mol. The number of aryl methyl sites for hydroxylation is 1. The quantitative estimate of drug-likeness (QED) is 0.571. The summed E-state index contributed by atoms with van der Waals surface area (Å²) in [6.45, 7) is -0.133. The maximum Gasteiger partial charge on any atom is 0.204 e. The molecule has 5 heteroatoms. The molecule has 0 bridgehead atoms. The summed E-state index contributed by atoms with van der Waals surface area (Å²) in [4.78, 5) is 26.0. The smallest absolute Gasteiger partial charge is 0.204 e. The molecule has 84 valence electrons. The molecule has 0 N–H and O–H groups in total. The zero-order chi connectivity index (χ0) is 11.5. The third-order valence-corrected chi connectivity index (χ3v) is 2.92. The predicted octanol–water partition coefficient (Wildman–Crippen LogP) is 1.49. The van der Waals surface area contributed by atoms with Crippen LogP contribution in [0.5, 0.6) is 0 Å². The van der Waals surface area contributed by atoms with Gasteiger partial charge < -0.3 is 0 Å². The van der Waals surface area contributed by atoms with Gasteiger partial charge in [0.15, 0.2) is 5.78 Å². The normalized spacial score (nSPS) is 19.2. The topological polar surface area (TPSA) is 73.1 Å². The first-order valence-electron chi connectivity index (χ1n) is 5.28. The molecule has 1 aliphatic carbocycles. The van der Waals surface area contributed by atoms with Crippen molar-refractivity contribution in [3.8, 4) is 0 Å².